The highest BCUT2D eigenvalue weighted by Crippen LogP contribution is 2.28. The molecule has 0 heterocycles. The second kappa shape index (κ2) is 5.90. The van der Waals surface area contributed by atoms with Gasteiger partial charge in [0.1, 0.15) is 5.82 Å². The quantitative estimate of drug-likeness (QED) is 0.763. The standard InChI is InChI=1S/C12H16BrFS/c1-8(2)9(3)15-7-10-5-4-6-11(14)12(10)13/h4-6,8-9H,7H2,1-3H3. The van der Waals surface area contributed by atoms with Crippen LogP contribution < -0.4 is 0 Å². The molecule has 1 rings (SSSR count). The van der Waals surface area contributed by atoms with Crippen molar-refractivity contribution in [2.45, 2.75) is 31.8 Å². The third-order valence-corrected chi connectivity index (χ3v) is 4.91. The molecule has 0 saturated carbocycles. The lowest BCUT2D eigenvalue weighted by molar-refractivity contribution is 0.619. The molecule has 0 nitrogen and oxygen atoms in total. The van der Waals surface area contributed by atoms with Gasteiger partial charge in [0.05, 0.1) is 4.47 Å². The Morgan fingerprint density at radius 3 is 2.60 bits per heavy atom. The highest BCUT2D eigenvalue weighted by atomic mass is 79.9. The van der Waals surface area contributed by atoms with E-state index in [1.54, 1.807) is 6.07 Å². The Bertz CT molecular complexity index is 325. The van der Waals surface area contributed by atoms with Crippen LogP contribution in [0.4, 0.5) is 4.39 Å². The molecule has 0 radical (unpaired) electrons. The Morgan fingerprint density at radius 1 is 1.33 bits per heavy atom. The van der Waals surface area contributed by atoms with E-state index in [2.05, 4.69) is 36.7 Å². The fourth-order valence-corrected chi connectivity index (χ4v) is 2.73. The Balaban J connectivity index is 2.62. The summed E-state index contributed by atoms with van der Waals surface area (Å²) in [5.74, 6) is 1.34. The molecule has 0 spiro atoms. The van der Waals surface area contributed by atoms with Crippen molar-refractivity contribution in [1.82, 2.24) is 0 Å². The summed E-state index contributed by atoms with van der Waals surface area (Å²) in [5.41, 5.74) is 1.03. The molecule has 0 amide bonds. The van der Waals surface area contributed by atoms with Gasteiger partial charge in [-0.15, -0.1) is 0 Å². The first-order chi connectivity index (χ1) is 7.02. The van der Waals surface area contributed by atoms with Crippen LogP contribution in [-0.2, 0) is 5.75 Å². The summed E-state index contributed by atoms with van der Waals surface area (Å²) in [6, 6.07) is 5.20. The van der Waals surface area contributed by atoms with Gasteiger partial charge >= 0.3 is 0 Å². The van der Waals surface area contributed by atoms with E-state index in [0.29, 0.717) is 15.6 Å². The second-order valence-corrected chi connectivity index (χ2v) is 6.13. The molecule has 0 aliphatic heterocycles. The molecule has 84 valence electrons. The predicted octanol–water partition coefficient (Wildman–Crippen LogP) is 4.87. The normalized spacial score (nSPS) is 13.2. The largest absolute Gasteiger partial charge is 0.206 e. The third-order valence-electron chi connectivity index (χ3n) is 2.47. The van der Waals surface area contributed by atoms with Crippen molar-refractivity contribution in [3.63, 3.8) is 0 Å². The molecule has 0 aliphatic rings. The molecule has 0 saturated heterocycles. The fraction of sp³-hybridized carbons (Fsp3) is 0.500. The highest BCUT2D eigenvalue weighted by molar-refractivity contribution is 9.10. The molecule has 0 aliphatic carbocycles. The number of halogens is 2. The van der Waals surface area contributed by atoms with E-state index in [1.807, 2.05) is 17.8 Å². The van der Waals surface area contributed by atoms with Gasteiger partial charge in [-0.1, -0.05) is 32.9 Å². The van der Waals surface area contributed by atoms with Gasteiger partial charge in [0.15, 0.2) is 0 Å². The molecule has 0 fully saturated rings. The molecule has 0 N–H and O–H groups in total. The zero-order chi connectivity index (χ0) is 11.4. The monoisotopic (exact) mass is 290 g/mol. The zero-order valence-corrected chi connectivity index (χ0v) is 11.7. The lowest BCUT2D eigenvalue weighted by atomic mass is 10.2. The SMILES string of the molecule is CC(C)C(C)SCc1cccc(F)c1Br. The number of thioether (sulfide) groups is 1. The number of benzene rings is 1. The lowest BCUT2D eigenvalue weighted by Crippen LogP contribution is -2.06. The van der Waals surface area contributed by atoms with Crippen LogP contribution in [0, 0.1) is 11.7 Å². The third kappa shape index (κ3) is 3.80. The van der Waals surface area contributed by atoms with Crippen molar-refractivity contribution in [2.75, 3.05) is 0 Å². The van der Waals surface area contributed by atoms with Crippen molar-refractivity contribution in [1.29, 1.82) is 0 Å². The van der Waals surface area contributed by atoms with Crippen molar-refractivity contribution >= 4 is 27.7 Å². The van der Waals surface area contributed by atoms with Gasteiger partial charge in [-0.05, 0) is 33.5 Å². The van der Waals surface area contributed by atoms with E-state index in [-0.39, 0.29) is 5.82 Å². The van der Waals surface area contributed by atoms with Crippen LogP contribution in [0.2, 0.25) is 0 Å². The molecule has 3 heteroatoms. The first-order valence-electron chi connectivity index (χ1n) is 5.07. The molecule has 1 atom stereocenters. The average molecular weight is 291 g/mol. The maximum absolute atomic E-state index is 13.2. The van der Waals surface area contributed by atoms with Gasteiger partial charge in [0, 0.05) is 11.0 Å². The van der Waals surface area contributed by atoms with Gasteiger partial charge in [-0.3, -0.25) is 0 Å². The number of hydrogen-bond acceptors (Lipinski definition) is 1. The Morgan fingerprint density at radius 2 is 2.00 bits per heavy atom. The average Bonchev–Trinajstić information content (AvgIpc) is 2.19. The Labute approximate surface area is 104 Å². The lowest BCUT2D eigenvalue weighted by Gasteiger charge is -2.15. The summed E-state index contributed by atoms with van der Waals surface area (Å²) in [6.07, 6.45) is 0. The van der Waals surface area contributed by atoms with Crippen molar-refractivity contribution in [2.24, 2.45) is 5.92 Å². The van der Waals surface area contributed by atoms with Crippen LogP contribution >= 0.6 is 27.7 Å². The van der Waals surface area contributed by atoms with Gasteiger partial charge in [-0.25, -0.2) is 4.39 Å². The minimum Gasteiger partial charge on any atom is -0.206 e. The summed E-state index contributed by atoms with van der Waals surface area (Å²) >= 11 is 5.14. The van der Waals surface area contributed by atoms with Gasteiger partial charge in [-0.2, -0.15) is 11.8 Å². The van der Waals surface area contributed by atoms with Crippen molar-refractivity contribution < 1.29 is 4.39 Å². The molecular weight excluding hydrogens is 275 g/mol. The molecule has 1 aromatic rings. The smallest absolute Gasteiger partial charge is 0.137 e. The van der Waals surface area contributed by atoms with Crippen LogP contribution in [0.3, 0.4) is 0 Å². The maximum atomic E-state index is 13.2. The van der Waals surface area contributed by atoms with Crippen molar-refractivity contribution in [3.8, 4) is 0 Å². The van der Waals surface area contributed by atoms with Crippen LogP contribution in [0.15, 0.2) is 22.7 Å². The number of rotatable bonds is 4. The van der Waals surface area contributed by atoms with E-state index < -0.39 is 0 Å². The van der Waals surface area contributed by atoms with Gasteiger partial charge in [0.25, 0.3) is 0 Å². The summed E-state index contributed by atoms with van der Waals surface area (Å²) in [5, 5.41) is 0.597. The first-order valence-corrected chi connectivity index (χ1v) is 6.91. The fourth-order valence-electron chi connectivity index (χ4n) is 1.07. The maximum Gasteiger partial charge on any atom is 0.137 e. The van der Waals surface area contributed by atoms with Crippen LogP contribution in [0.5, 0.6) is 0 Å². The summed E-state index contributed by atoms with van der Waals surface area (Å²) in [4.78, 5) is 0. The molecular formula is C12H16BrFS. The molecule has 1 unspecified atom stereocenters. The molecule has 0 aromatic heterocycles. The second-order valence-electron chi connectivity index (χ2n) is 3.97. The minimum absolute atomic E-state index is 0.176. The molecule has 0 bridgehead atoms. The van der Waals surface area contributed by atoms with Gasteiger partial charge < -0.3 is 0 Å². The van der Waals surface area contributed by atoms with E-state index in [1.165, 1.54) is 6.07 Å². The highest BCUT2D eigenvalue weighted by Gasteiger charge is 2.10. The summed E-state index contributed by atoms with van der Waals surface area (Å²) in [7, 11) is 0. The predicted molar refractivity (Wildman–Crippen MR) is 69.7 cm³/mol. The van der Waals surface area contributed by atoms with E-state index in [0.717, 1.165) is 11.3 Å². The first kappa shape index (κ1) is 13.0. The van der Waals surface area contributed by atoms with Gasteiger partial charge in [0.2, 0.25) is 0 Å². The Hall–Kier alpha value is -0.0200. The molecule has 15 heavy (non-hydrogen) atoms. The zero-order valence-electron chi connectivity index (χ0n) is 9.26. The van der Waals surface area contributed by atoms with E-state index >= 15 is 0 Å². The minimum atomic E-state index is -0.176. The number of hydrogen-bond donors (Lipinski definition) is 0. The van der Waals surface area contributed by atoms with E-state index in [4.69, 9.17) is 0 Å². The van der Waals surface area contributed by atoms with Crippen molar-refractivity contribution in [3.05, 3.63) is 34.1 Å². The van der Waals surface area contributed by atoms with Crippen LogP contribution in [0.25, 0.3) is 0 Å². The van der Waals surface area contributed by atoms with E-state index in [9.17, 15) is 4.39 Å². The topological polar surface area (TPSA) is 0 Å². The summed E-state index contributed by atoms with van der Waals surface area (Å²) < 4.78 is 13.8. The summed E-state index contributed by atoms with van der Waals surface area (Å²) in [6.45, 7) is 6.62. The van der Waals surface area contributed by atoms with Crippen LogP contribution in [0.1, 0.15) is 26.3 Å². The molecule has 1 aromatic carbocycles. The van der Waals surface area contributed by atoms with Crippen LogP contribution in [-0.4, -0.2) is 5.25 Å². The Kier molecular flexibility index (Phi) is 5.13.